The number of fused-ring (bicyclic) bond motifs is 1. The molecule has 0 fully saturated rings. The molecular weight excluding hydrogens is 348 g/mol. The molecule has 0 heterocycles. The third kappa shape index (κ3) is 3.58. The van der Waals surface area contributed by atoms with Crippen LogP contribution in [-0.4, -0.2) is 0 Å². The summed E-state index contributed by atoms with van der Waals surface area (Å²) in [4.78, 5) is 0. The van der Waals surface area contributed by atoms with Crippen molar-refractivity contribution in [2.24, 2.45) is 0 Å². The van der Waals surface area contributed by atoms with Crippen molar-refractivity contribution in [2.75, 3.05) is 0 Å². The Kier molecular flexibility index (Phi) is 4.46. The van der Waals surface area contributed by atoms with Crippen molar-refractivity contribution >= 4 is 10.8 Å². The van der Waals surface area contributed by atoms with Gasteiger partial charge in [0.2, 0.25) is 0 Å². The second-order valence-electron chi connectivity index (χ2n) is 7.60. The first-order chi connectivity index (χ1) is 14.3. The van der Waals surface area contributed by atoms with Crippen LogP contribution in [0.2, 0.25) is 0 Å². The maximum absolute atomic E-state index is 2.31. The molecule has 0 amide bonds. The fourth-order valence-electron chi connectivity index (χ4n) is 3.95. The molecule has 5 aromatic rings. The van der Waals surface area contributed by atoms with Gasteiger partial charge in [-0.25, -0.2) is 0 Å². The summed E-state index contributed by atoms with van der Waals surface area (Å²) >= 11 is 0. The van der Waals surface area contributed by atoms with Crippen molar-refractivity contribution in [3.63, 3.8) is 0 Å². The summed E-state index contributed by atoms with van der Waals surface area (Å²) in [6.07, 6.45) is 0. The van der Waals surface area contributed by atoms with E-state index in [0.29, 0.717) is 0 Å². The summed E-state index contributed by atoms with van der Waals surface area (Å²) in [5.41, 5.74) is 8.75. The van der Waals surface area contributed by atoms with Crippen molar-refractivity contribution in [3.05, 3.63) is 121 Å². The fourth-order valence-corrected chi connectivity index (χ4v) is 3.95. The van der Waals surface area contributed by atoms with E-state index in [1.807, 2.05) is 0 Å². The van der Waals surface area contributed by atoms with Gasteiger partial charge in [0.25, 0.3) is 0 Å². The minimum absolute atomic E-state index is 1.24. The van der Waals surface area contributed by atoms with Crippen molar-refractivity contribution in [3.8, 4) is 33.4 Å². The number of hydrogen-bond acceptors (Lipinski definition) is 0. The molecule has 0 spiro atoms. The molecular formula is C29H22. The maximum atomic E-state index is 2.31. The Labute approximate surface area is 172 Å². The molecule has 0 aliphatic heterocycles. The van der Waals surface area contributed by atoms with Gasteiger partial charge in [-0.05, 0) is 75.3 Å². The highest BCUT2D eigenvalue weighted by Gasteiger charge is 2.08. The number of hydrogen-bond donors (Lipinski definition) is 0. The summed E-state index contributed by atoms with van der Waals surface area (Å²) < 4.78 is 0. The van der Waals surface area contributed by atoms with Gasteiger partial charge in [-0.1, -0.05) is 96.6 Å². The van der Waals surface area contributed by atoms with E-state index < -0.39 is 0 Å². The van der Waals surface area contributed by atoms with Gasteiger partial charge in [-0.15, -0.1) is 0 Å². The van der Waals surface area contributed by atoms with E-state index in [2.05, 4.69) is 122 Å². The lowest BCUT2D eigenvalue weighted by atomic mass is 9.92. The predicted octanol–water partition coefficient (Wildman–Crippen LogP) is 8.15. The van der Waals surface area contributed by atoms with Crippen molar-refractivity contribution in [2.45, 2.75) is 6.92 Å². The molecule has 0 N–H and O–H groups in total. The zero-order valence-corrected chi connectivity index (χ0v) is 16.5. The van der Waals surface area contributed by atoms with Gasteiger partial charge in [0.05, 0.1) is 0 Å². The Bertz CT molecular complexity index is 1300. The second kappa shape index (κ2) is 7.41. The molecule has 138 valence electrons. The van der Waals surface area contributed by atoms with Crippen molar-refractivity contribution in [1.29, 1.82) is 0 Å². The van der Waals surface area contributed by atoms with Gasteiger partial charge in [-0.2, -0.15) is 0 Å². The van der Waals surface area contributed by atoms with Crippen molar-refractivity contribution < 1.29 is 0 Å². The molecule has 0 aliphatic rings. The van der Waals surface area contributed by atoms with Gasteiger partial charge >= 0.3 is 0 Å². The molecule has 0 saturated carbocycles. The van der Waals surface area contributed by atoms with Crippen LogP contribution >= 0.6 is 0 Å². The standard InChI is InChI=1S/C29H22/c1-21-8-7-13-24(16-21)28-18-27(22-9-3-2-4-10-22)19-29(20-28)26-15-14-23-11-5-6-12-25(23)17-26/h2-20H,1H3. The molecule has 5 rings (SSSR count). The molecule has 0 bridgehead atoms. The van der Waals surface area contributed by atoms with Crippen LogP contribution < -0.4 is 0 Å². The Hall–Kier alpha value is -3.64. The second-order valence-corrected chi connectivity index (χ2v) is 7.60. The van der Waals surface area contributed by atoms with E-state index in [1.54, 1.807) is 0 Å². The van der Waals surface area contributed by atoms with E-state index >= 15 is 0 Å². The Balaban J connectivity index is 1.72. The predicted molar refractivity (Wildman–Crippen MR) is 125 cm³/mol. The van der Waals surface area contributed by atoms with E-state index in [-0.39, 0.29) is 0 Å². The molecule has 29 heavy (non-hydrogen) atoms. The van der Waals surface area contributed by atoms with E-state index in [9.17, 15) is 0 Å². The lowest BCUT2D eigenvalue weighted by Crippen LogP contribution is -1.87. The highest BCUT2D eigenvalue weighted by atomic mass is 14.1. The van der Waals surface area contributed by atoms with Gasteiger partial charge in [0.1, 0.15) is 0 Å². The number of rotatable bonds is 3. The quantitative estimate of drug-likeness (QED) is 0.300. The summed E-state index contributed by atoms with van der Waals surface area (Å²) in [6, 6.07) is 41.6. The SMILES string of the molecule is Cc1cccc(-c2cc(-c3ccccc3)cc(-c3ccc4ccccc4c3)c2)c1. The molecule has 5 aromatic carbocycles. The Morgan fingerprint density at radius 3 is 1.66 bits per heavy atom. The molecule has 0 aromatic heterocycles. The third-order valence-electron chi connectivity index (χ3n) is 5.47. The zero-order valence-electron chi connectivity index (χ0n) is 16.5. The average Bonchev–Trinajstić information content (AvgIpc) is 2.79. The van der Waals surface area contributed by atoms with E-state index in [0.717, 1.165) is 0 Å². The van der Waals surface area contributed by atoms with Crippen LogP contribution in [0.15, 0.2) is 115 Å². The minimum atomic E-state index is 1.24. The van der Waals surface area contributed by atoms with Crippen LogP contribution in [-0.2, 0) is 0 Å². The highest BCUT2D eigenvalue weighted by Crippen LogP contribution is 2.34. The lowest BCUT2D eigenvalue weighted by molar-refractivity contribution is 1.46. The fraction of sp³-hybridized carbons (Fsp3) is 0.0345. The summed E-state index contributed by atoms with van der Waals surface area (Å²) in [6.45, 7) is 2.15. The zero-order chi connectivity index (χ0) is 19.6. The molecule has 0 unspecified atom stereocenters. The van der Waals surface area contributed by atoms with E-state index in [1.165, 1.54) is 49.7 Å². The number of aryl methyl sites for hydroxylation is 1. The topological polar surface area (TPSA) is 0 Å². The normalized spacial score (nSPS) is 10.9. The molecule has 0 radical (unpaired) electrons. The molecule has 0 heteroatoms. The number of benzene rings is 5. The highest BCUT2D eigenvalue weighted by molar-refractivity contribution is 5.89. The van der Waals surface area contributed by atoms with Gasteiger partial charge in [0.15, 0.2) is 0 Å². The van der Waals surface area contributed by atoms with Crippen LogP contribution in [0.4, 0.5) is 0 Å². The largest absolute Gasteiger partial charge is 0.0622 e. The molecule has 0 aliphatic carbocycles. The van der Waals surface area contributed by atoms with Gasteiger partial charge in [-0.3, -0.25) is 0 Å². The first-order valence-electron chi connectivity index (χ1n) is 10.0. The molecule has 0 nitrogen and oxygen atoms in total. The van der Waals surface area contributed by atoms with Crippen LogP contribution in [0.5, 0.6) is 0 Å². The van der Waals surface area contributed by atoms with Crippen LogP contribution in [0.25, 0.3) is 44.2 Å². The third-order valence-corrected chi connectivity index (χ3v) is 5.47. The summed E-state index contributed by atoms with van der Waals surface area (Å²) in [7, 11) is 0. The molecule has 0 saturated heterocycles. The van der Waals surface area contributed by atoms with E-state index in [4.69, 9.17) is 0 Å². The Morgan fingerprint density at radius 2 is 0.931 bits per heavy atom. The minimum Gasteiger partial charge on any atom is -0.0622 e. The Morgan fingerprint density at radius 1 is 0.345 bits per heavy atom. The first kappa shape index (κ1) is 17.5. The van der Waals surface area contributed by atoms with Crippen LogP contribution in [0.1, 0.15) is 5.56 Å². The van der Waals surface area contributed by atoms with Gasteiger partial charge in [0, 0.05) is 0 Å². The average molecular weight is 370 g/mol. The summed E-state index contributed by atoms with van der Waals surface area (Å²) in [5, 5.41) is 2.54. The van der Waals surface area contributed by atoms with Crippen LogP contribution in [0.3, 0.4) is 0 Å². The lowest BCUT2D eigenvalue weighted by Gasteiger charge is -2.12. The monoisotopic (exact) mass is 370 g/mol. The van der Waals surface area contributed by atoms with Gasteiger partial charge < -0.3 is 0 Å². The summed E-state index contributed by atoms with van der Waals surface area (Å²) in [5.74, 6) is 0. The molecule has 0 atom stereocenters. The van der Waals surface area contributed by atoms with Crippen molar-refractivity contribution in [1.82, 2.24) is 0 Å². The smallest absolute Gasteiger partial charge is 0.0171 e. The van der Waals surface area contributed by atoms with Crippen LogP contribution in [0, 0.1) is 6.92 Å². The maximum Gasteiger partial charge on any atom is -0.0171 e. The first-order valence-corrected chi connectivity index (χ1v) is 10.0.